The summed E-state index contributed by atoms with van der Waals surface area (Å²) < 4.78 is 10.3. The monoisotopic (exact) mass is 268 g/mol. The van der Waals surface area contributed by atoms with Gasteiger partial charge in [-0.1, -0.05) is 6.07 Å². The van der Waals surface area contributed by atoms with Gasteiger partial charge in [0, 0.05) is 12.6 Å². The Morgan fingerprint density at radius 1 is 1.37 bits per heavy atom. The number of ether oxygens (including phenoxy) is 2. The van der Waals surface area contributed by atoms with Crippen molar-refractivity contribution < 1.29 is 19.5 Å². The third-order valence-electron chi connectivity index (χ3n) is 2.22. The highest BCUT2D eigenvalue weighted by Crippen LogP contribution is 2.23. The van der Waals surface area contributed by atoms with Gasteiger partial charge >= 0.3 is 6.09 Å². The molecule has 0 aliphatic heterocycles. The minimum absolute atomic E-state index is 0.203. The van der Waals surface area contributed by atoms with Crippen molar-refractivity contribution in [2.24, 2.45) is 0 Å². The molecule has 0 fully saturated rings. The molecular weight excluding hydrogens is 248 g/mol. The Labute approximate surface area is 112 Å². The van der Waals surface area contributed by atoms with Gasteiger partial charge in [-0.25, -0.2) is 10.3 Å². The van der Waals surface area contributed by atoms with Crippen LogP contribution in [-0.4, -0.2) is 24.0 Å². The first-order chi connectivity index (χ1) is 8.85. The molecule has 0 aliphatic rings. The van der Waals surface area contributed by atoms with E-state index in [0.717, 1.165) is 0 Å². The standard InChI is InChI=1S/C13H20N2O4/c1-13(2,3)19-12(16)15-11-7-10(18-4)6-5-9(11)8-14-17/h5-7,14,17H,8H2,1-4H3,(H,15,16). The molecule has 0 heterocycles. The Balaban J connectivity index is 2.87. The molecular formula is C13H20N2O4. The molecule has 0 radical (unpaired) electrons. The summed E-state index contributed by atoms with van der Waals surface area (Å²) in [6.07, 6.45) is -0.556. The maximum atomic E-state index is 11.7. The fraction of sp³-hybridized carbons (Fsp3) is 0.462. The fourth-order valence-electron chi connectivity index (χ4n) is 1.45. The van der Waals surface area contributed by atoms with Crippen molar-refractivity contribution in [2.75, 3.05) is 12.4 Å². The van der Waals surface area contributed by atoms with E-state index in [2.05, 4.69) is 10.8 Å². The van der Waals surface area contributed by atoms with E-state index in [-0.39, 0.29) is 6.54 Å². The molecule has 1 aromatic rings. The Hall–Kier alpha value is -1.79. The first-order valence-corrected chi connectivity index (χ1v) is 5.89. The van der Waals surface area contributed by atoms with Crippen LogP contribution in [0.25, 0.3) is 0 Å². The maximum absolute atomic E-state index is 11.7. The van der Waals surface area contributed by atoms with Crippen LogP contribution >= 0.6 is 0 Å². The van der Waals surface area contributed by atoms with Gasteiger partial charge in [-0.15, -0.1) is 0 Å². The Morgan fingerprint density at radius 2 is 2.05 bits per heavy atom. The molecule has 0 spiro atoms. The lowest BCUT2D eigenvalue weighted by Crippen LogP contribution is -2.27. The van der Waals surface area contributed by atoms with E-state index in [1.54, 1.807) is 39.0 Å². The predicted octanol–water partition coefficient (Wildman–Crippen LogP) is 2.52. The Morgan fingerprint density at radius 3 is 2.58 bits per heavy atom. The lowest BCUT2D eigenvalue weighted by Gasteiger charge is -2.20. The van der Waals surface area contributed by atoms with Crippen LogP contribution in [0.1, 0.15) is 26.3 Å². The topological polar surface area (TPSA) is 79.8 Å². The van der Waals surface area contributed by atoms with Crippen molar-refractivity contribution in [3.05, 3.63) is 23.8 Å². The van der Waals surface area contributed by atoms with E-state index in [0.29, 0.717) is 17.0 Å². The molecule has 0 aromatic heterocycles. The average Bonchev–Trinajstić information content (AvgIpc) is 2.29. The second kappa shape index (κ2) is 6.40. The number of amides is 1. The van der Waals surface area contributed by atoms with Crippen LogP contribution < -0.4 is 15.5 Å². The Kier molecular flexibility index (Phi) is 5.14. The molecule has 0 saturated heterocycles. The molecule has 0 saturated carbocycles. The zero-order chi connectivity index (χ0) is 14.5. The van der Waals surface area contributed by atoms with Crippen LogP contribution in [0.15, 0.2) is 18.2 Å². The predicted molar refractivity (Wildman–Crippen MR) is 71.5 cm³/mol. The number of anilines is 1. The van der Waals surface area contributed by atoms with E-state index in [4.69, 9.17) is 14.7 Å². The summed E-state index contributed by atoms with van der Waals surface area (Å²) in [5.41, 5.74) is 2.72. The highest BCUT2D eigenvalue weighted by atomic mass is 16.6. The van der Waals surface area contributed by atoms with Crippen molar-refractivity contribution in [3.63, 3.8) is 0 Å². The summed E-state index contributed by atoms with van der Waals surface area (Å²) in [5, 5.41) is 11.4. The summed E-state index contributed by atoms with van der Waals surface area (Å²) in [5.74, 6) is 0.604. The number of hydrogen-bond donors (Lipinski definition) is 3. The molecule has 1 aromatic carbocycles. The van der Waals surface area contributed by atoms with Gasteiger partial charge in [0.05, 0.1) is 12.8 Å². The summed E-state index contributed by atoms with van der Waals surface area (Å²) in [7, 11) is 1.54. The zero-order valence-corrected chi connectivity index (χ0v) is 11.6. The van der Waals surface area contributed by atoms with E-state index >= 15 is 0 Å². The van der Waals surface area contributed by atoms with Gasteiger partial charge in [0.15, 0.2) is 0 Å². The van der Waals surface area contributed by atoms with E-state index < -0.39 is 11.7 Å². The highest BCUT2D eigenvalue weighted by Gasteiger charge is 2.17. The molecule has 0 aliphatic carbocycles. The summed E-state index contributed by atoms with van der Waals surface area (Å²) in [6, 6.07) is 5.15. The third-order valence-corrected chi connectivity index (χ3v) is 2.22. The van der Waals surface area contributed by atoms with Crippen LogP contribution in [-0.2, 0) is 11.3 Å². The smallest absolute Gasteiger partial charge is 0.412 e. The van der Waals surface area contributed by atoms with E-state index in [1.807, 2.05) is 0 Å². The van der Waals surface area contributed by atoms with Gasteiger partial charge in [-0.2, -0.15) is 0 Å². The highest BCUT2D eigenvalue weighted by molar-refractivity contribution is 5.86. The number of rotatable bonds is 4. The second-order valence-corrected chi connectivity index (χ2v) is 4.98. The number of hydrogen-bond acceptors (Lipinski definition) is 5. The zero-order valence-electron chi connectivity index (χ0n) is 11.6. The molecule has 19 heavy (non-hydrogen) atoms. The van der Waals surface area contributed by atoms with Crippen LogP contribution in [0, 0.1) is 0 Å². The fourth-order valence-corrected chi connectivity index (χ4v) is 1.45. The van der Waals surface area contributed by atoms with E-state index in [9.17, 15) is 4.79 Å². The molecule has 6 nitrogen and oxygen atoms in total. The minimum Gasteiger partial charge on any atom is -0.497 e. The minimum atomic E-state index is -0.571. The number of carbonyl (C=O) groups excluding carboxylic acids is 1. The maximum Gasteiger partial charge on any atom is 0.412 e. The van der Waals surface area contributed by atoms with Crippen molar-refractivity contribution in [3.8, 4) is 5.75 Å². The Bertz CT molecular complexity index is 441. The number of carbonyl (C=O) groups is 1. The van der Waals surface area contributed by atoms with Gasteiger partial charge in [0.2, 0.25) is 0 Å². The molecule has 0 bridgehead atoms. The summed E-state index contributed by atoms with van der Waals surface area (Å²) in [6.45, 7) is 5.56. The molecule has 6 heteroatoms. The molecule has 0 unspecified atom stereocenters. The van der Waals surface area contributed by atoms with Gasteiger partial charge in [-0.05, 0) is 32.4 Å². The van der Waals surface area contributed by atoms with Gasteiger partial charge in [0.1, 0.15) is 11.4 Å². The number of hydroxylamine groups is 1. The first kappa shape index (κ1) is 15.3. The lowest BCUT2D eigenvalue weighted by molar-refractivity contribution is 0.0635. The van der Waals surface area contributed by atoms with Crippen molar-refractivity contribution in [1.29, 1.82) is 0 Å². The molecule has 1 rings (SSSR count). The SMILES string of the molecule is COc1ccc(CNO)c(NC(=O)OC(C)(C)C)c1. The first-order valence-electron chi connectivity index (χ1n) is 5.89. The quantitative estimate of drug-likeness (QED) is 0.731. The third kappa shape index (κ3) is 5.15. The van der Waals surface area contributed by atoms with Gasteiger partial charge in [0.25, 0.3) is 0 Å². The molecule has 106 valence electrons. The molecule has 0 atom stereocenters. The van der Waals surface area contributed by atoms with Crippen molar-refractivity contribution in [1.82, 2.24) is 5.48 Å². The van der Waals surface area contributed by atoms with Crippen LogP contribution in [0.5, 0.6) is 5.75 Å². The van der Waals surface area contributed by atoms with Crippen molar-refractivity contribution >= 4 is 11.8 Å². The van der Waals surface area contributed by atoms with Crippen molar-refractivity contribution in [2.45, 2.75) is 32.9 Å². The van der Waals surface area contributed by atoms with Crippen LogP contribution in [0.2, 0.25) is 0 Å². The largest absolute Gasteiger partial charge is 0.497 e. The molecule has 3 N–H and O–H groups in total. The van der Waals surface area contributed by atoms with Gasteiger partial charge in [-0.3, -0.25) is 5.32 Å². The van der Waals surface area contributed by atoms with Crippen LogP contribution in [0.4, 0.5) is 10.5 Å². The second-order valence-electron chi connectivity index (χ2n) is 4.98. The number of benzene rings is 1. The number of nitrogens with one attached hydrogen (secondary N) is 2. The summed E-state index contributed by atoms with van der Waals surface area (Å²) >= 11 is 0. The lowest BCUT2D eigenvalue weighted by atomic mass is 10.1. The molecule has 1 amide bonds. The number of methoxy groups -OCH3 is 1. The summed E-state index contributed by atoms with van der Waals surface area (Å²) in [4.78, 5) is 11.7. The van der Waals surface area contributed by atoms with E-state index in [1.165, 1.54) is 7.11 Å². The normalized spacial score (nSPS) is 11.0. The van der Waals surface area contributed by atoms with Crippen LogP contribution in [0.3, 0.4) is 0 Å². The van der Waals surface area contributed by atoms with Gasteiger partial charge < -0.3 is 14.7 Å². The average molecular weight is 268 g/mol.